The fraction of sp³-hybridized carbons (Fsp3) is 0.292. The van der Waals surface area contributed by atoms with Gasteiger partial charge in [-0.15, -0.1) is 0 Å². The highest BCUT2D eigenvalue weighted by Gasteiger charge is 2.39. The predicted molar refractivity (Wildman–Crippen MR) is 123 cm³/mol. The number of hydrogen-bond donors (Lipinski definition) is 1. The standard InChI is InChI=1S/C24H23ClN4O4/c1-31-19-10-15(11-20(32-2)23(19)33-3)14-8-17-21(18(30)9-14)22(13-4-6-16(25)7-5-13)29-24(28-17)26-12-27-29/h4-7,10-12,14,22H,8-9H2,1-3H3,(H,26,27,28)/t14-,22-/m1/s1. The van der Waals surface area contributed by atoms with Crippen molar-refractivity contribution in [3.8, 4) is 17.2 Å². The smallest absolute Gasteiger partial charge is 0.226 e. The van der Waals surface area contributed by atoms with Crippen molar-refractivity contribution >= 4 is 23.3 Å². The van der Waals surface area contributed by atoms with E-state index in [9.17, 15) is 4.79 Å². The summed E-state index contributed by atoms with van der Waals surface area (Å²) in [6.07, 6.45) is 2.48. The lowest BCUT2D eigenvalue weighted by molar-refractivity contribution is -0.116. The molecule has 2 aliphatic rings. The second kappa shape index (κ2) is 8.44. The van der Waals surface area contributed by atoms with E-state index in [0.717, 1.165) is 16.8 Å². The number of anilines is 1. The highest BCUT2D eigenvalue weighted by Crippen LogP contribution is 2.47. The molecule has 2 aromatic carbocycles. The number of benzene rings is 2. The van der Waals surface area contributed by atoms with E-state index in [1.165, 1.54) is 6.33 Å². The molecule has 8 nitrogen and oxygen atoms in total. The number of halogens is 1. The Balaban J connectivity index is 1.57. The van der Waals surface area contributed by atoms with Crippen molar-refractivity contribution in [2.75, 3.05) is 26.6 Å². The lowest BCUT2D eigenvalue weighted by Crippen LogP contribution is -2.33. The average molecular weight is 467 g/mol. The van der Waals surface area contributed by atoms with E-state index in [4.69, 9.17) is 25.8 Å². The van der Waals surface area contributed by atoms with Crippen LogP contribution in [0.15, 0.2) is 54.0 Å². The first-order valence-electron chi connectivity index (χ1n) is 10.5. The molecule has 33 heavy (non-hydrogen) atoms. The van der Waals surface area contributed by atoms with E-state index < -0.39 is 0 Å². The van der Waals surface area contributed by atoms with Gasteiger partial charge in [0.05, 0.1) is 21.3 Å². The molecule has 2 heterocycles. The zero-order valence-electron chi connectivity index (χ0n) is 18.5. The van der Waals surface area contributed by atoms with Crippen molar-refractivity contribution in [1.82, 2.24) is 14.8 Å². The summed E-state index contributed by atoms with van der Waals surface area (Å²) in [5.41, 5.74) is 3.44. The predicted octanol–water partition coefficient (Wildman–Crippen LogP) is 4.37. The number of rotatable bonds is 5. The number of carbonyl (C=O) groups excluding carboxylic acids is 1. The molecule has 1 N–H and O–H groups in total. The minimum atomic E-state index is -0.357. The molecule has 0 unspecified atom stereocenters. The Morgan fingerprint density at radius 1 is 1.00 bits per heavy atom. The van der Waals surface area contributed by atoms with Gasteiger partial charge in [0.1, 0.15) is 12.4 Å². The molecule has 170 valence electrons. The Bertz CT molecular complexity index is 1230. The monoisotopic (exact) mass is 466 g/mol. The van der Waals surface area contributed by atoms with E-state index >= 15 is 0 Å². The van der Waals surface area contributed by atoms with Gasteiger partial charge in [-0.05, 0) is 47.7 Å². The van der Waals surface area contributed by atoms with Gasteiger partial charge in [0.25, 0.3) is 0 Å². The summed E-state index contributed by atoms with van der Waals surface area (Å²) in [6, 6.07) is 11.0. The zero-order chi connectivity index (χ0) is 23.1. The molecule has 0 saturated heterocycles. The number of Topliss-reactive ketones (excluding diaryl/α,β-unsaturated/α-hetero) is 1. The van der Waals surface area contributed by atoms with Crippen molar-refractivity contribution < 1.29 is 19.0 Å². The fourth-order valence-corrected chi connectivity index (χ4v) is 4.80. The van der Waals surface area contributed by atoms with Crippen molar-refractivity contribution in [2.45, 2.75) is 24.8 Å². The number of nitrogens with zero attached hydrogens (tertiary/aromatic N) is 3. The van der Waals surface area contributed by atoms with Crippen LogP contribution < -0.4 is 19.5 Å². The Kier molecular flexibility index (Phi) is 5.46. The SMILES string of the molecule is COc1cc([C@H]2CC(=O)C3=C(C2)Nc2ncnn2[C@@H]3c2ccc(Cl)cc2)cc(OC)c1OC. The van der Waals surface area contributed by atoms with Crippen molar-refractivity contribution in [3.05, 3.63) is 70.1 Å². The van der Waals surface area contributed by atoms with Crippen molar-refractivity contribution in [2.24, 2.45) is 0 Å². The van der Waals surface area contributed by atoms with Crippen LogP contribution in [0.25, 0.3) is 0 Å². The summed E-state index contributed by atoms with van der Waals surface area (Å²) in [5.74, 6) is 2.26. The maximum atomic E-state index is 13.6. The molecule has 2 atom stereocenters. The third-order valence-corrected chi connectivity index (χ3v) is 6.46. The highest BCUT2D eigenvalue weighted by atomic mass is 35.5. The summed E-state index contributed by atoms with van der Waals surface area (Å²) in [7, 11) is 4.74. The van der Waals surface area contributed by atoms with Crippen LogP contribution in [-0.4, -0.2) is 41.9 Å². The van der Waals surface area contributed by atoms with Gasteiger partial charge in [0.2, 0.25) is 11.7 Å². The number of ether oxygens (including phenoxy) is 3. The third-order valence-electron chi connectivity index (χ3n) is 6.21. The molecular weight excluding hydrogens is 444 g/mol. The molecule has 0 spiro atoms. The van der Waals surface area contributed by atoms with Gasteiger partial charge in [-0.3, -0.25) is 4.79 Å². The molecule has 0 bridgehead atoms. The topological polar surface area (TPSA) is 87.5 Å². The van der Waals surface area contributed by atoms with Gasteiger partial charge in [0, 0.05) is 22.7 Å². The Morgan fingerprint density at radius 3 is 2.33 bits per heavy atom. The van der Waals surface area contributed by atoms with Crippen molar-refractivity contribution in [3.63, 3.8) is 0 Å². The summed E-state index contributed by atoms with van der Waals surface area (Å²) >= 11 is 6.10. The van der Waals surface area contributed by atoms with Crippen molar-refractivity contribution in [1.29, 1.82) is 0 Å². The van der Waals surface area contributed by atoms with Crippen LogP contribution in [0.4, 0.5) is 5.95 Å². The summed E-state index contributed by atoms with van der Waals surface area (Å²) in [4.78, 5) is 17.9. The number of methoxy groups -OCH3 is 3. The number of carbonyl (C=O) groups is 1. The maximum Gasteiger partial charge on any atom is 0.226 e. The minimum Gasteiger partial charge on any atom is -0.493 e. The molecule has 0 amide bonds. The Hall–Kier alpha value is -3.52. The number of hydrogen-bond acceptors (Lipinski definition) is 7. The number of nitrogens with one attached hydrogen (secondary N) is 1. The second-order valence-electron chi connectivity index (χ2n) is 7.99. The van der Waals surface area contributed by atoms with Gasteiger partial charge in [-0.25, -0.2) is 4.68 Å². The molecule has 0 saturated carbocycles. The lowest BCUT2D eigenvalue weighted by Gasteiger charge is -2.35. The minimum absolute atomic E-state index is 0.0576. The average Bonchev–Trinajstić information content (AvgIpc) is 3.30. The number of allylic oxidation sites excluding steroid dienone is 2. The first-order chi connectivity index (χ1) is 16.0. The molecule has 0 radical (unpaired) electrons. The van der Waals surface area contributed by atoms with Gasteiger partial charge in [-0.2, -0.15) is 10.1 Å². The van der Waals surface area contributed by atoms with Crippen LogP contribution in [0.5, 0.6) is 17.2 Å². The molecule has 0 fully saturated rings. The van der Waals surface area contributed by atoms with E-state index in [1.807, 2.05) is 36.4 Å². The quantitative estimate of drug-likeness (QED) is 0.597. The molecule has 9 heteroatoms. The van der Waals surface area contributed by atoms with Gasteiger partial charge >= 0.3 is 0 Å². The van der Waals surface area contributed by atoms with E-state index in [2.05, 4.69) is 15.4 Å². The molecule has 5 rings (SSSR count). The van der Waals surface area contributed by atoms with Crippen LogP contribution in [-0.2, 0) is 4.79 Å². The normalized spacial score (nSPS) is 19.5. The largest absolute Gasteiger partial charge is 0.493 e. The van der Waals surface area contributed by atoms with Gasteiger partial charge < -0.3 is 19.5 Å². The number of fused-ring (bicyclic) bond motifs is 1. The Labute approximate surface area is 196 Å². The molecule has 1 aromatic heterocycles. The maximum absolute atomic E-state index is 13.6. The summed E-state index contributed by atoms with van der Waals surface area (Å²) in [5, 5.41) is 8.35. The fourth-order valence-electron chi connectivity index (χ4n) is 4.68. The van der Waals surface area contributed by atoms with Crippen LogP contribution in [0, 0.1) is 0 Å². The van der Waals surface area contributed by atoms with E-state index in [0.29, 0.717) is 46.6 Å². The first-order valence-corrected chi connectivity index (χ1v) is 10.9. The zero-order valence-corrected chi connectivity index (χ0v) is 19.2. The molecular formula is C24H23ClN4O4. The lowest BCUT2D eigenvalue weighted by atomic mass is 9.78. The van der Waals surface area contributed by atoms with Crippen LogP contribution in [0.2, 0.25) is 5.02 Å². The van der Waals surface area contributed by atoms with E-state index in [-0.39, 0.29) is 17.7 Å². The Morgan fingerprint density at radius 2 is 1.70 bits per heavy atom. The second-order valence-corrected chi connectivity index (χ2v) is 8.42. The first kappa shape index (κ1) is 21.3. The number of aromatic nitrogens is 3. The third kappa shape index (κ3) is 3.60. The summed E-state index contributed by atoms with van der Waals surface area (Å²) in [6.45, 7) is 0. The molecule has 3 aromatic rings. The van der Waals surface area contributed by atoms with Crippen LogP contribution >= 0.6 is 11.6 Å². The molecule has 1 aliphatic carbocycles. The number of ketones is 1. The van der Waals surface area contributed by atoms with Crippen LogP contribution in [0.3, 0.4) is 0 Å². The summed E-state index contributed by atoms with van der Waals surface area (Å²) < 4.78 is 18.2. The highest BCUT2D eigenvalue weighted by molar-refractivity contribution is 6.30. The van der Waals surface area contributed by atoms with Gasteiger partial charge in [-0.1, -0.05) is 23.7 Å². The van der Waals surface area contributed by atoms with Gasteiger partial charge in [0.15, 0.2) is 17.3 Å². The van der Waals surface area contributed by atoms with E-state index in [1.54, 1.807) is 26.0 Å². The molecule has 1 aliphatic heterocycles. The van der Waals surface area contributed by atoms with Crippen LogP contribution in [0.1, 0.15) is 35.9 Å².